The van der Waals surface area contributed by atoms with Crippen LogP contribution >= 0.6 is 11.3 Å². The first-order valence-corrected chi connectivity index (χ1v) is 10.2. The molecule has 0 fully saturated rings. The Morgan fingerprint density at radius 1 is 1.06 bits per heavy atom. The lowest BCUT2D eigenvalue weighted by Gasteiger charge is -2.10. The number of nitrogens with zero attached hydrogens (tertiary/aromatic N) is 1. The van der Waals surface area contributed by atoms with Crippen LogP contribution in [0.1, 0.15) is 22.8 Å². The smallest absolute Gasteiger partial charge is 0.337 e. The average molecular weight is 436 g/mol. The Labute approximate surface area is 183 Å². The molecule has 1 amide bonds. The molecule has 158 valence electrons. The number of esters is 2. The number of hydrogen-bond acceptors (Lipinski definition) is 7. The second-order valence-electron chi connectivity index (χ2n) is 6.42. The number of ether oxygens (including phenoxy) is 2. The minimum Gasteiger partial charge on any atom is -0.465 e. The van der Waals surface area contributed by atoms with E-state index in [1.165, 1.54) is 37.5 Å². The molecule has 1 unspecified atom stereocenters. The summed E-state index contributed by atoms with van der Waals surface area (Å²) in [5.74, 6) is -1.58. The van der Waals surface area contributed by atoms with Crippen molar-refractivity contribution < 1.29 is 23.9 Å². The second kappa shape index (κ2) is 10.3. The quantitative estimate of drug-likeness (QED) is 0.441. The van der Waals surface area contributed by atoms with Crippen molar-refractivity contribution in [2.75, 3.05) is 12.4 Å². The SMILES string of the molecule is COC(=O)c1ccc(/C=C/C(=O)OC(C)C(=O)Nc2nc(-c3ccccc3)cs2)cc1. The molecule has 7 nitrogen and oxygen atoms in total. The molecule has 1 N–H and O–H groups in total. The summed E-state index contributed by atoms with van der Waals surface area (Å²) < 4.78 is 9.78. The van der Waals surface area contributed by atoms with Crippen molar-refractivity contribution in [1.82, 2.24) is 4.98 Å². The molecule has 0 aliphatic rings. The van der Waals surface area contributed by atoms with Gasteiger partial charge in [-0.1, -0.05) is 42.5 Å². The van der Waals surface area contributed by atoms with E-state index in [1.807, 2.05) is 35.7 Å². The number of carbonyl (C=O) groups is 3. The Morgan fingerprint density at radius 3 is 2.45 bits per heavy atom. The first-order chi connectivity index (χ1) is 15.0. The summed E-state index contributed by atoms with van der Waals surface area (Å²) >= 11 is 1.29. The third-order valence-corrected chi connectivity index (χ3v) is 4.97. The van der Waals surface area contributed by atoms with Crippen molar-refractivity contribution in [3.05, 3.63) is 77.2 Å². The summed E-state index contributed by atoms with van der Waals surface area (Å²) in [5.41, 5.74) is 2.80. The highest BCUT2D eigenvalue weighted by Gasteiger charge is 2.18. The fourth-order valence-corrected chi connectivity index (χ4v) is 3.28. The largest absolute Gasteiger partial charge is 0.465 e. The fraction of sp³-hybridized carbons (Fsp3) is 0.130. The van der Waals surface area contributed by atoms with E-state index in [0.29, 0.717) is 16.3 Å². The zero-order valence-electron chi connectivity index (χ0n) is 16.9. The molecule has 1 aromatic heterocycles. The number of nitrogens with one attached hydrogen (secondary N) is 1. The summed E-state index contributed by atoms with van der Waals surface area (Å²) in [6.07, 6.45) is 1.75. The van der Waals surface area contributed by atoms with Gasteiger partial charge in [-0.3, -0.25) is 10.1 Å². The maximum Gasteiger partial charge on any atom is 0.337 e. The summed E-state index contributed by atoms with van der Waals surface area (Å²) in [4.78, 5) is 40.1. The van der Waals surface area contributed by atoms with Crippen molar-refractivity contribution in [2.24, 2.45) is 0 Å². The van der Waals surface area contributed by atoms with E-state index in [1.54, 1.807) is 24.3 Å². The summed E-state index contributed by atoms with van der Waals surface area (Å²) in [5, 5.41) is 4.92. The van der Waals surface area contributed by atoms with E-state index in [9.17, 15) is 14.4 Å². The Bertz CT molecular complexity index is 1090. The molecule has 1 atom stereocenters. The van der Waals surface area contributed by atoms with E-state index >= 15 is 0 Å². The summed E-state index contributed by atoms with van der Waals surface area (Å²) in [7, 11) is 1.31. The van der Waals surface area contributed by atoms with E-state index in [4.69, 9.17) is 4.74 Å². The van der Waals surface area contributed by atoms with Crippen LogP contribution in [0.2, 0.25) is 0 Å². The average Bonchev–Trinajstić information content (AvgIpc) is 3.26. The van der Waals surface area contributed by atoms with Gasteiger partial charge in [0, 0.05) is 17.0 Å². The number of hydrogen-bond donors (Lipinski definition) is 1. The van der Waals surface area contributed by atoms with E-state index in [0.717, 1.165) is 11.3 Å². The Kier molecular flexibility index (Phi) is 7.29. The van der Waals surface area contributed by atoms with Gasteiger partial charge in [0.2, 0.25) is 0 Å². The van der Waals surface area contributed by atoms with Crippen LogP contribution in [0.4, 0.5) is 5.13 Å². The van der Waals surface area contributed by atoms with Crippen LogP contribution in [0.25, 0.3) is 17.3 Å². The molecule has 0 radical (unpaired) electrons. The van der Waals surface area contributed by atoms with Crippen molar-refractivity contribution in [2.45, 2.75) is 13.0 Å². The molecule has 0 spiro atoms. The van der Waals surface area contributed by atoms with Gasteiger partial charge in [0.05, 0.1) is 18.4 Å². The standard InChI is InChI=1S/C23H20N2O5S/c1-15(21(27)25-23-24-19(14-31-23)17-6-4-3-5-7-17)30-20(26)13-10-16-8-11-18(12-9-16)22(28)29-2/h3-15H,1-2H3,(H,24,25,27)/b13-10+. The second-order valence-corrected chi connectivity index (χ2v) is 7.28. The molecule has 0 aliphatic carbocycles. The monoisotopic (exact) mass is 436 g/mol. The van der Waals surface area contributed by atoms with Crippen LogP contribution in [0, 0.1) is 0 Å². The van der Waals surface area contributed by atoms with Gasteiger partial charge in [0.15, 0.2) is 11.2 Å². The number of rotatable bonds is 7. The number of carbonyl (C=O) groups excluding carboxylic acids is 3. The minimum atomic E-state index is -0.997. The molecular formula is C23H20N2O5S. The number of amides is 1. The van der Waals surface area contributed by atoms with Gasteiger partial charge in [0.25, 0.3) is 5.91 Å². The summed E-state index contributed by atoms with van der Waals surface area (Å²) in [6.45, 7) is 1.48. The number of aromatic nitrogens is 1. The number of methoxy groups -OCH3 is 1. The molecule has 8 heteroatoms. The molecule has 3 rings (SSSR count). The van der Waals surface area contributed by atoms with Crippen LogP contribution in [-0.2, 0) is 19.1 Å². The van der Waals surface area contributed by atoms with Gasteiger partial charge in [-0.2, -0.15) is 0 Å². The van der Waals surface area contributed by atoms with Crippen LogP contribution in [0.5, 0.6) is 0 Å². The molecule has 31 heavy (non-hydrogen) atoms. The molecule has 0 saturated heterocycles. The Hall–Kier alpha value is -3.78. The Morgan fingerprint density at radius 2 is 1.77 bits per heavy atom. The highest BCUT2D eigenvalue weighted by Crippen LogP contribution is 2.24. The van der Waals surface area contributed by atoms with Crippen molar-refractivity contribution in [3.63, 3.8) is 0 Å². The van der Waals surface area contributed by atoms with Crippen LogP contribution in [-0.4, -0.2) is 36.0 Å². The van der Waals surface area contributed by atoms with Gasteiger partial charge in [0.1, 0.15) is 0 Å². The Balaban J connectivity index is 1.52. The predicted octanol–water partition coefficient (Wildman–Crippen LogP) is 4.18. The fourth-order valence-electron chi connectivity index (χ4n) is 2.56. The highest BCUT2D eigenvalue weighted by atomic mass is 32.1. The molecule has 3 aromatic rings. The molecule has 2 aromatic carbocycles. The lowest BCUT2D eigenvalue weighted by atomic mass is 10.1. The molecule has 0 aliphatic heterocycles. The van der Waals surface area contributed by atoms with Crippen molar-refractivity contribution in [3.8, 4) is 11.3 Å². The van der Waals surface area contributed by atoms with Gasteiger partial charge in [-0.05, 0) is 30.7 Å². The van der Waals surface area contributed by atoms with E-state index < -0.39 is 23.9 Å². The first-order valence-electron chi connectivity index (χ1n) is 9.35. The molecule has 1 heterocycles. The lowest BCUT2D eigenvalue weighted by Crippen LogP contribution is -2.29. The number of thiazole rings is 1. The summed E-state index contributed by atoms with van der Waals surface area (Å²) in [6, 6.07) is 16.1. The van der Waals surface area contributed by atoms with E-state index in [-0.39, 0.29) is 0 Å². The van der Waals surface area contributed by atoms with Crippen LogP contribution in [0.15, 0.2) is 66.1 Å². The maximum absolute atomic E-state index is 12.3. The first kappa shape index (κ1) is 21.9. The normalized spacial score (nSPS) is 11.7. The lowest BCUT2D eigenvalue weighted by molar-refractivity contribution is -0.148. The van der Waals surface area contributed by atoms with Crippen LogP contribution in [0.3, 0.4) is 0 Å². The zero-order chi connectivity index (χ0) is 22.2. The van der Waals surface area contributed by atoms with Gasteiger partial charge in [-0.25, -0.2) is 14.6 Å². The van der Waals surface area contributed by atoms with Gasteiger partial charge in [-0.15, -0.1) is 11.3 Å². The van der Waals surface area contributed by atoms with E-state index in [2.05, 4.69) is 15.0 Å². The molecule has 0 saturated carbocycles. The topological polar surface area (TPSA) is 94.6 Å². The molecular weight excluding hydrogens is 416 g/mol. The number of benzene rings is 2. The van der Waals surface area contributed by atoms with Crippen molar-refractivity contribution >= 4 is 40.4 Å². The van der Waals surface area contributed by atoms with Crippen molar-refractivity contribution in [1.29, 1.82) is 0 Å². The maximum atomic E-state index is 12.3. The molecule has 0 bridgehead atoms. The third kappa shape index (κ3) is 6.10. The minimum absolute atomic E-state index is 0.408. The third-order valence-electron chi connectivity index (χ3n) is 4.21. The number of anilines is 1. The highest BCUT2D eigenvalue weighted by molar-refractivity contribution is 7.14. The predicted molar refractivity (Wildman–Crippen MR) is 119 cm³/mol. The zero-order valence-corrected chi connectivity index (χ0v) is 17.7. The van der Waals surface area contributed by atoms with Crippen LogP contribution < -0.4 is 5.32 Å². The van der Waals surface area contributed by atoms with Gasteiger partial charge >= 0.3 is 11.9 Å². The van der Waals surface area contributed by atoms with Gasteiger partial charge < -0.3 is 9.47 Å².